The summed E-state index contributed by atoms with van der Waals surface area (Å²) in [7, 11) is 0. The fourth-order valence-corrected chi connectivity index (χ4v) is 5.35. The van der Waals surface area contributed by atoms with E-state index in [2.05, 4.69) is 5.32 Å². The molecular formula is C30H31F2N5O3. The third-order valence-corrected chi connectivity index (χ3v) is 7.34. The number of rotatable bonds is 7. The zero-order valence-corrected chi connectivity index (χ0v) is 22.2. The summed E-state index contributed by atoms with van der Waals surface area (Å²) in [6.45, 7) is 2.31. The van der Waals surface area contributed by atoms with Crippen LogP contribution in [0.4, 0.5) is 13.6 Å². The van der Waals surface area contributed by atoms with Crippen molar-refractivity contribution in [2.24, 2.45) is 0 Å². The van der Waals surface area contributed by atoms with E-state index < -0.39 is 29.9 Å². The van der Waals surface area contributed by atoms with Gasteiger partial charge < -0.3 is 15.1 Å². The summed E-state index contributed by atoms with van der Waals surface area (Å²) < 4.78 is 28.2. The number of carbonyl (C=O) groups is 3. The zero-order chi connectivity index (χ0) is 28.2. The van der Waals surface area contributed by atoms with Crippen LogP contribution in [0.2, 0.25) is 0 Å². The molecule has 40 heavy (non-hydrogen) atoms. The highest BCUT2D eigenvalue weighted by atomic mass is 19.1. The fourth-order valence-electron chi connectivity index (χ4n) is 5.35. The highest BCUT2D eigenvalue weighted by Gasteiger charge is 2.51. The van der Waals surface area contributed by atoms with Crippen LogP contribution in [0.25, 0.3) is 0 Å². The van der Waals surface area contributed by atoms with Crippen LogP contribution in [0, 0.1) is 11.6 Å². The maximum absolute atomic E-state index is 14.6. The van der Waals surface area contributed by atoms with Gasteiger partial charge in [0.1, 0.15) is 23.8 Å². The number of piperazine rings is 1. The lowest BCUT2D eigenvalue weighted by Crippen LogP contribution is -2.76. The third kappa shape index (κ3) is 5.67. The van der Waals surface area contributed by atoms with E-state index >= 15 is 0 Å². The number of nitrogens with one attached hydrogen (secondary N) is 1. The Morgan fingerprint density at radius 1 is 0.950 bits per heavy atom. The fraction of sp³-hybridized carbons (Fsp3) is 0.300. The lowest BCUT2D eigenvalue weighted by molar-refractivity contribution is -0.190. The maximum atomic E-state index is 14.6. The van der Waals surface area contributed by atoms with Crippen molar-refractivity contribution in [1.82, 2.24) is 25.1 Å². The van der Waals surface area contributed by atoms with Crippen LogP contribution < -0.4 is 5.32 Å². The first-order chi connectivity index (χ1) is 19.4. The molecule has 1 N–H and O–H groups in total. The monoisotopic (exact) mass is 547 g/mol. The average Bonchev–Trinajstić information content (AvgIpc) is 2.96. The Balaban J connectivity index is 1.48. The Labute approximate surface area is 231 Å². The molecule has 2 heterocycles. The van der Waals surface area contributed by atoms with Crippen LogP contribution in [0.15, 0.2) is 78.9 Å². The summed E-state index contributed by atoms with van der Waals surface area (Å²) in [5.41, 5.74) is 1.91. The lowest BCUT2D eigenvalue weighted by atomic mass is 9.98. The summed E-state index contributed by atoms with van der Waals surface area (Å²) in [6, 6.07) is 20.7. The summed E-state index contributed by atoms with van der Waals surface area (Å²) in [6.07, 6.45) is -0.581. The summed E-state index contributed by atoms with van der Waals surface area (Å²) in [4.78, 5) is 43.9. The third-order valence-electron chi connectivity index (χ3n) is 7.34. The number of carbonyl (C=O) groups excluding carboxylic acids is 3. The standard InChI is InChI=1S/C30H31F2N5O3/c1-2-35-20-28(38)36-26(15-21-9-5-3-6-10-21)29(39)34(18-23-13-14-24(31)16-25(23)32)19-27(36)37(35)30(40)33-17-22-11-7-4-8-12-22/h3-14,16,26-27H,2,15,17-20H2,1H3,(H,33,40)/t26-,27-/m0/s1. The van der Waals surface area contributed by atoms with Gasteiger partial charge in [0.15, 0.2) is 0 Å². The second kappa shape index (κ2) is 11.8. The minimum Gasteiger partial charge on any atom is -0.333 e. The highest BCUT2D eigenvalue weighted by Crippen LogP contribution is 2.29. The molecule has 208 valence electrons. The molecule has 2 atom stereocenters. The van der Waals surface area contributed by atoms with E-state index in [1.54, 1.807) is 5.01 Å². The molecule has 2 aliphatic heterocycles. The molecule has 8 nitrogen and oxygen atoms in total. The van der Waals surface area contributed by atoms with Crippen molar-refractivity contribution in [3.8, 4) is 0 Å². The summed E-state index contributed by atoms with van der Waals surface area (Å²) in [5.74, 6) is -2.09. The van der Waals surface area contributed by atoms with Crippen molar-refractivity contribution in [2.75, 3.05) is 19.6 Å². The van der Waals surface area contributed by atoms with Crippen LogP contribution >= 0.6 is 0 Å². The highest BCUT2D eigenvalue weighted by molar-refractivity contribution is 5.91. The molecule has 0 aliphatic carbocycles. The number of likely N-dealkylation sites (N-methyl/N-ethyl adjacent to an activating group) is 1. The molecule has 5 rings (SSSR count). The number of hydrazine groups is 1. The Hall–Kier alpha value is -4.31. The van der Waals surface area contributed by atoms with Gasteiger partial charge in [-0.15, -0.1) is 0 Å². The van der Waals surface area contributed by atoms with E-state index in [0.29, 0.717) is 6.54 Å². The molecule has 2 saturated heterocycles. The molecule has 2 fully saturated rings. The van der Waals surface area contributed by atoms with Crippen LogP contribution in [0.1, 0.15) is 23.6 Å². The molecule has 0 spiro atoms. The van der Waals surface area contributed by atoms with Gasteiger partial charge in [-0.1, -0.05) is 73.7 Å². The molecule has 0 bridgehead atoms. The van der Waals surface area contributed by atoms with Gasteiger partial charge in [-0.05, 0) is 17.2 Å². The van der Waals surface area contributed by atoms with Gasteiger partial charge >= 0.3 is 6.03 Å². The number of amides is 4. The van der Waals surface area contributed by atoms with E-state index in [0.717, 1.165) is 23.3 Å². The van der Waals surface area contributed by atoms with Gasteiger partial charge in [0.2, 0.25) is 11.8 Å². The van der Waals surface area contributed by atoms with Crippen LogP contribution in [-0.4, -0.2) is 69.5 Å². The topological polar surface area (TPSA) is 76.2 Å². The van der Waals surface area contributed by atoms with Gasteiger partial charge in [0.25, 0.3) is 0 Å². The second-order valence-corrected chi connectivity index (χ2v) is 9.91. The summed E-state index contributed by atoms with van der Waals surface area (Å²) >= 11 is 0. The smallest absolute Gasteiger partial charge is 0.333 e. The minimum atomic E-state index is -0.902. The molecule has 0 unspecified atom stereocenters. The maximum Gasteiger partial charge on any atom is 0.334 e. The molecule has 10 heteroatoms. The normalized spacial score (nSPS) is 19.5. The first kappa shape index (κ1) is 27.3. The van der Waals surface area contributed by atoms with Crippen molar-refractivity contribution < 1.29 is 23.2 Å². The predicted octanol–water partition coefficient (Wildman–Crippen LogP) is 3.54. The Kier molecular flexibility index (Phi) is 8.06. The van der Waals surface area contributed by atoms with Crippen LogP contribution in [0.5, 0.6) is 0 Å². The second-order valence-electron chi connectivity index (χ2n) is 9.91. The number of hydrogen-bond acceptors (Lipinski definition) is 4. The molecule has 0 aromatic heterocycles. The Morgan fingerprint density at radius 3 is 2.27 bits per heavy atom. The largest absolute Gasteiger partial charge is 0.334 e. The van der Waals surface area contributed by atoms with Gasteiger partial charge in [-0.2, -0.15) is 0 Å². The average molecular weight is 548 g/mol. The molecule has 0 saturated carbocycles. The predicted molar refractivity (Wildman–Crippen MR) is 144 cm³/mol. The Bertz CT molecular complexity index is 1370. The van der Waals surface area contributed by atoms with Crippen molar-refractivity contribution in [3.05, 3.63) is 107 Å². The SMILES string of the molecule is CCN1CC(=O)N2[C@@H](Cc3ccccc3)C(=O)N(Cc3ccc(F)cc3F)C[C@@H]2N1C(=O)NCc1ccccc1. The van der Waals surface area contributed by atoms with E-state index in [1.165, 1.54) is 20.9 Å². The van der Waals surface area contributed by atoms with Crippen LogP contribution in [0.3, 0.4) is 0 Å². The van der Waals surface area contributed by atoms with Gasteiger partial charge in [0, 0.05) is 37.7 Å². The first-order valence-electron chi connectivity index (χ1n) is 13.3. The van der Waals surface area contributed by atoms with Crippen molar-refractivity contribution in [2.45, 2.75) is 38.6 Å². The quantitative estimate of drug-likeness (QED) is 0.491. The molecule has 4 amide bonds. The van der Waals surface area contributed by atoms with Crippen molar-refractivity contribution >= 4 is 17.8 Å². The number of halogens is 2. The minimum absolute atomic E-state index is 0.0259. The van der Waals surface area contributed by atoms with Crippen molar-refractivity contribution in [3.63, 3.8) is 0 Å². The van der Waals surface area contributed by atoms with E-state index in [1.807, 2.05) is 67.6 Å². The number of benzene rings is 3. The first-order valence-corrected chi connectivity index (χ1v) is 13.3. The van der Waals surface area contributed by atoms with E-state index in [-0.39, 0.29) is 50.0 Å². The lowest BCUT2D eigenvalue weighted by Gasteiger charge is -2.55. The van der Waals surface area contributed by atoms with E-state index in [4.69, 9.17) is 0 Å². The molecular weight excluding hydrogens is 516 g/mol. The molecule has 3 aromatic rings. The number of hydrogen-bond donors (Lipinski definition) is 1. The molecule has 0 radical (unpaired) electrons. The summed E-state index contributed by atoms with van der Waals surface area (Å²) in [5, 5.41) is 6.10. The Morgan fingerprint density at radius 2 is 1.62 bits per heavy atom. The van der Waals surface area contributed by atoms with Crippen LogP contribution in [-0.2, 0) is 29.1 Å². The molecule has 2 aliphatic rings. The molecule has 3 aromatic carbocycles. The number of urea groups is 1. The van der Waals surface area contributed by atoms with Crippen molar-refractivity contribution in [1.29, 1.82) is 0 Å². The zero-order valence-electron chi connectivity index (χ0n) is 22.2. The van der Waals surface area contributed by atoms with E-state index in [9.17, 15) is 23.2 Å². The van der Waals surface area contributed by atoms with Gasteiger partial charge in [-0.25, -0.2) is 23.6 Å². The van der Waals surface area contributed by atoms with Gasteiger partial charge in [0.05, 0.1) is 13.1 Å². The number of nitrogens with zero attached hydrogens (tertiary/aromatic N) is 4. The number of fused-ring (bicyclic) bond motifs is 1. The van der Waals surface area contributed by atoms with Gasteiger partial charge in [-0.3, -0.25) is 9.59 Å².